The lowest BCUT2D eigenvalue weighted by Crippen LogP contribution is -2.17. The third-order valence-corrected chi connectivity index (χ3v) is 2.56. The maximum Gasteiger partial charge on any atom is 0.271 e. The second-order valence-electron chi connectivity index (χ2n) is 4.06. The Labute approximate surface area is 115 Å². The molecule has 0 aliphatic rings. The van der Waals surface area contributed by atoms with Crippen molar-refractivity contribution < 1.29 is 15.0 Å². The normalized spacial score (nSPS) is 10.6. The molecule has 1 amide bonds. The SMILES string of the molecule is Nc1ccc(C(=O)NN=Cc2ccc(O)cc2O)cc1. The van der Waals surface area contributed by atoms with E-state index in [9.17, 15) is 9.90 Å². The van der Waals surface area contributed by atoms with Gasteiger partial charge in [-0.1, -0.05) is 0 Å². The molecule has 2 aromatic carbocycles. The predicted octanol–water partition coefficient (Wildman–Crippen LogP) is 1.44. The van der Waals surface area contributed by atoms with Crippen LogP contribution in [0.15, 0.2) is 47.6 Å². The zero-order valence-corrected chi connectivity index (χ0v) is 10.4. The lowest BCUT2D eigenvalue weighted by Gasteiger charge is -2.01. The number of rotatable bonds is 3. The molecule has 0 fully saturated rings. The third-order valence-electron chi connectivity index (χ3n) is 2.56. The summed E-state index contributed by atoms with van der Waals surface area (Å²) in [5, 5.41) is 22.4. The number of nitrogens with two attached hydrogens (primary N) is 1. The average molecular weight is 271 g/mol. The van der Waals surface area contributed by atoms with E-state index in [1.807, 2.05) is 0 Å². The van der Waals surface area contributed by atoms with Gasteiger partial charge in [-0.25, -0.2) is 5.43 Å². The zero-order chi connectivity index (χ0) is 14.5. The van der Waals surface area contributed by atoms with Crippen LogP contribution in [0.1, 0.15) is 15.9 Å². The number of benzene rings is 2. The molecule has 2 rings (SSSR count). The van der Waals surface area contributed by atoms with Gasteiger partial charge in [0.05, 0.1) is 6.21 Å². The molecule has 6 nitrogen and oxygen atoms in total. The zero-order valence-electron chi connectivity index (χ0n) is 10.4. The van der Waals surface area contributed by atoms with Gasteiger partial charge in [-0.05, 0) is 36.4 Å². The molecule has 0 heterocycles. The fraction of sp³-hybridized carbons (Fsp3) is 0. The smallest absolute Gasteiger partial charge is 0.271 e. The highest BCUT2D eigenvalue weighted by molar-refractivity contribution is 5.95. The number of carbonyl (C=O) groups is 1. The number of phenols is 2. The number of hydrazone groups is 1. The van der Waals surface area contributed by atoms with Gasteiger partial charge >= 0.3 is 0 Å². The van der Waals surface area contributed by atoms with Crippen LogP contribution in [0.3, 0.4) is 0 Å². The average Bonchev–Trinajstić information content (AvgIpc) is 2.42. The number of nitrogen functional groups attached to an aromatic ring is 1. The van der Waals surface area contributed by atoms with Gasteiger partial charge in [0.1, 0.15) is 11.5 Å². The summed E-state index contributed by atoms with van der Waals surface area (Å²) in [6.45, 7) is 0. The van der Waals surface area contributed by atoms with Gasteiger partial charge in [0.25, 0.3) is 5.91 Å². The van der Waals surface area contributed by atoms with Gasteiger partial charge < -0.3 is 15.9 Å². The molecule has 0 atom stereocenters. The molecular formula is C14H13N3O3. The van der Waals surface area contributed by atoms with Crippen LogP contribution < -0.4 is 11.2 Å². The molecule has 2 aromatic rings. The number of phenolic OH excluding ortho intramolecular Hbond substituents is 2. The number of hydrogen-bond acceptors (Lipinski definition) is 5. The molecule has 6 heteroatoms. The van der Waals surface area contributed by atoms with E-state index >= 15 is 0 Å². The van der Waals surface area contributed by atoms with E-state index in [-0.39, 0.29) is 17.4 Å². The van der Waals surface area contributed by atoms with Crippen molar-refractivity contribution >= 4 is 17.8 Å². The van der Waals surface area contributed by atoms with Gasteiger partial charge in [0.15, 0.2) is 0 Å². The molecule has 20 heavy (non-hydrogen) atoms. The molecule has 0 unspecified atom stereocenters. The molecule has 0 bridgehead atoms. The highest BCUT2D eigenvalue weighted by atomic mass is 16.3. The molecule has 0 aromatic heterocycles. The molecule has 0 saturated heterocycles. The van der Waals surface area contributed by atoms with E-state index in [0.29, 0.717) is 16.8 Å². The molecule has 0 spiro atoms. The summed E-state index contributed by atoms with van der Waals surface area (Å²) in [7, 11) is 0. The lowest BCUT2D eigenvalue weighted by atomic mass is 10.2. The van der Waals surface area contributed by atoms with Crippen LogP contribution in [0.25, 0.3) is 0 Å². The molecule has 0 radical (unpaired) electrons. The van der Waals surface area contributed by atoms with Crippen LogP contribution in [0.4, 0.5) is 5.69 Å². The first-order valence-electron chi connectivity index (χ1n) is 5.77. The Bertz CT molecular complexity index is 651. The Morgan fingerprint density at radius 2 is 1.85 bits per heavy atom. The van der Waals surface area contributed by atoms with Crippen LogP contribution in [0, 0.1) is 0 Å². The maximum atomic E-state index is 11.7. The van der Waals surface area contributed by atoms with E-state index in [4.69, 9.17) is 10.8 Å². The van der Waals surface area contributed by atoms with Crippen LogP contribution in [-0.2, 0) is 0 Å². The van der Waals surface area contributed by atoms with E-state index in [2.05, 4.69) is 10.5 Å². The number of hydrogen-bond donors (Lipinski definition) is 4. The Morgan fingerprint density at radius 1 is 1.15 bits per heavy atom. The van der Waals surface area contributed by atoms with Crippen molar-refractivity contribution in [3.63, 3.8) is 0 Å². The van der Waals surface area contributed by atoms with Crippen LogP contribution in [0.5, 0.6) is 11.5 Å². The minimum absolute atomic E-state index is 0.0504. The summed E-state index contributed by atoms with van der Waals surface area (Å²) in [4.78, 5) is 11.7. The third kappa shape index (κ3) is 3.26. The van der Waals surface area contributed by atoms with Gasteiger partial charge in [0, 0.05) is 22.9 Å². The number of nitrogens with zero attached hydrogens (tertiary/aromatic N) is 1. The summed E-state index contributed by atoms with van der Waals surface area (Å²) in [5.41, 5.74) is 9.21. The van der Waals surface area contributed by atoms with Crippen molar-refractivity contribution in [1.82, 2.24) is 5.43 Å². The number of amides is 1. The molecule has 0 aliphatic carbocycles. The van der Waals surface area contributed by atoms with E-state index in [0.717, 1.165) is 0 Å². The molecule has 0 saturated carbocycles. The van der Waals surface area contributed by atoms with E-state index in [1.165, 1.54) is 24.4 Å². The van der Waals surface area contributed by atoms with Crippen molar-refractivity contribution in [2.75, 3.05) is 5.73 Å². The highest BCUT2D eigenvalue weighted by Crippen LogP contribution is 2.20. The monoisotopic (exact) mass is 271 g/mol. The Kier molecular flexibility index (Phi) is 3.85. The first kappa shape index (κ1) is 13.4. The molecule has 102 valence electrons. The molecular weight excluding hydrogens is 258 g/mol. The number of carbonyl (C=O) groups excluding carboxylic acids is 1. The lowest BCUT2D eigenvalue weighted by molar-refractivity contribution is 0.0955. The van der Waals surface area contributed by atoms with Crippen molar-refractivity contribution in [2.24, 2.45) is 5.10 Å². The Balaban J connectivity index is 2.02. The number of aromatic hydroxyl groups is 2. The minimum atomic E-state index is -0.389. The number of anilines is 1. The van der Waals surface area contributed by atoms with Crippen molar-refractivity contribution in [3.05, 3.63) is 53.6 Å². The van der Waals surface area contributed by atoms with Crippen molar-refractivity contribution in [2.45, 2.75) is 0 Å². The van der Waals surface area contributed by atoms with Gasteiger partial charge in [-0.3, -0.25) is 4.79 Å². The summed E-state index contributed by atoms with van der Waals surface area (Å²) in [6.07, 6.45) is 1.28. The Hall–Kier alpha value is -3.02. The van der Waals surface area contributed by atoms with E-state index in [1.54, 1.807) is 24.3 Å². The molecule has 5 N–H and O–H groups in total. The first-order valence-corrected chi connectivity index (χ1v) is 5.77. The largest absolute Gasteiger partial charge is 0.508 e. The van der Waals surface area contributed by atoms with Crippen molar-refractivity contribution in [3.8, 4) is 11.5 Å². The summed E-state index contributed by atoms with van der Waals surface area (Å²) in [6, 6.07) is 10.5. The Morgan fingerprint density at radius 3 is 2.50 bits per heavy atom. The van der Waals surface area contributed by atoms with Gasteiger partial charge in [0.2, 0.25) is 0 Å². The topological polar surface area (TPSA) is 108 Å². The van der Waals surface area contributed by atoms with Crippen molar-refractivity contribution in [1.29, 1.82) is 0 Å². The minimum Gasteiger partial charge on any atom is -0.508 e. The van der Waals surface area contributed by atoms with Gasteiger partial charge in [-0.2, -0.15) is 5.10 Å². The first-order chi connectivity index (χ1) is 9.56. The van der Waals surface area contributed by atoms with Crippen LogP contribution in [0.2, 0.25) is 0 Å². The number of nitrogens with one attached hydrogen (secondary N) is 1. The fourth-order valence-electron chi connectivity index (χ4n) is 1.50. The summed E-state index contributed by atoms with van der Waals surface area (Å²) in [5.74, 6) is -0.569. The predicted molar refractivity (Wildman–Crippen MR) is 75.7 cm³/mol. The van der Waals surface area contributed by atoms with Crippen LogP contribution >= 0.6 is 0 Å². The van der Waals surface area contributed by atoms with Gasteiger partial charge in [-0.15, -0.1) is 0 Å². The van der Waals surface area contributed by atoms with Crippen LogP contribution in [-0.4, -0.2) is 22.3 Å². The maximum absolute atomic E-state index is 11.7. The highest BCUT2D eigenvalue weighted by Gasteiger charge is 2.03. The molecule has 0 aliphatic heterocycles. The summed E-state index contributed by atoms with van der Waals surface area (Å²) >= 11 is 0. The summed E-state index contributed by atoms with van der Waals surface area (Å²) < 4.78 is 0. The second-order valence-corrected chi connectivity index (χ2v) is 4.06. The standard InChI is InChI=1S/C14H13N3O3/c15-11-4-1-9(2-5-11)14(20)17-16-8-10-3-6-12(18)7-13(10)19/h1-8,18-19H,15H2,(H,17,20). The second kappa shape index (κ2) is 5.75. The fourth-order valence-corrected chi connectivity index (χ4v) is 1.50. The quantitative estimate of drug-likeness (QED) is 0.385. The van der Waals surface area contributed by atoms with E-state index < -0.39 is 0 Å².